The molecule has 126 valence electrons. The van der Waals surface area contributed by atoms with Gasteiger partial charge in [-0.25, -0.2) is 0 Å². The van der Waals surface area contributed by atoms with Gasteiger partial charge >= 0.3 is 0 Å². The van der Waals surface area contributed by atoms with E-state index in [2.05, 4.69) is 33.5 Å². The third kappa shape index (κ3) is 5.99. The summed E-state index contributed by atoms with van der Waals surface area (Å²) < 4.78 is 0. The number of hydrogen-bond acceptors (Lipinski definition) is 2. The normalized spacial score (nSPS) is 23.5. The van der Waals surface area contributed by atoms with Crippen LogP contribution in [0.1, 0.15) is 51.9 Å². The Kier molecular flexibility index (Phi) is 7.78. The Balaban J connectivity index is 1.60. The van der Waals surface area contributed by atoms with Gasteiger partial charge in [-0.15, -0.1) is 0 Å². The van der Waals surface area contributed by atoms with Crippen LogP contribution in [0.2, 0.25) is 0 Å². The Morgan fingerprint density at radius 3 is 3.00 bits per heavy atom. The van der Waals surface area contributed by atoms with E-state index >= 15 is 0 Å². The van der Waals surface area contributed by atoms with Gasteiger partial charge in [-0.2, -0.15) is 0 Å². The molecule has 1 unspecified atom stereocenters. The van der Waals surface area contributed by atoms with Crippen LogP contribution in [0.5, 0.6) is 0 Å². The second-order valence-electron chi connectivity index (χ2n) is 6.69. The molecule has 1 fully saturated rings. The van der Waals surface area contributed by atoms with Crippen molar-refractivity contribution in [3.05, 3.63) is 11.6 Å². The first-order chi connectivity index (χ1) is 10.8. The first-order valence-electron chi connectivity index (χ1n) is 9.16. The van der Waals surface area contributed by atoms with E-state index in [0.29, 0.717) is 0 Å². The van der Waals surface area contributed by atoms with E-state index < -0.39 is 0 Å². The number of rotatable bonds is 7. The second kappa shape index (κ2) is 9.88. The van der Waals surface area contributed by atoms with Gasteiger partial charge in [0.25, 0.3) is 0 Å². The van der Waals surface area contributed by atoms with Crippen molar-refractivity contribution in [2.24, 2.45) is 10.9 Å². The average molecular weight is 306 g/mol. The second-order valence-corrected chi connectivity index (χ2v) is 6.69. The van der Waals surface area contributed by atoms with Gasteiger partial charge in [-0.3, -0.25) is 4.99 Å². The summed E-state index contributed by atoms with van der Waals surface area (Å²) in [5, 5.41) is 6.97. The monoisotopic (exact) mass is 306 g/mol. The summed E-state index contributed by atoms with van der Waals surface area (Å²) in [6, 6.07) is 0. The Bertz CT molecular complexity index is 375. The zero-order chi connectivity index (χ0) is 15.6. The van der Waals surface area contributed by atoms with Crippen molar-refractivity contribution in [1.82, 2.24) is 15.5 Å². The maximum absolute atomic E-state index is 4.35. The van der Waals surface area contributed by atoms with E-state index in [1.165, 1.54) is 58.2 Å². The molecular weight excluding hydrogens is 272 g/mol. The maximum atomic E-state index is 4.35. The fourth-order valence-electron chi connectivity index (χ4n) is 3.53. The van der Waals surface area contributed by atoms with Crippen molar-refractivity contribution in [3.8, 4) is 0 Å². The van der Waals surface area contributed by atoms with Gasteiger partial charge in [0.05, 0.1) is 0 Å². The van der Waals surface area contributed by atoms with Crippen LogP contribution < -0.4 is 10.6 Å². The number of nitrogens with one attached hydrogen (secondary N) is 2. The minimum atomic E-state index is 0.770. The molecule has 0 bridgehead atoms. The Morgan fingerprint density at radius 1 is 1.36 bits per heavy atom. The van der Waals surface area contributed by atoms with Crippen molar-refractivity contribution >= 4 is 5.96 Å². The summed E-state index contributed by atoms with van der Waals surface area (Å²) in [4.78, 5) is 6.93. The lowest BCUT2D eigenvalue weighted by Crippen LogP contribution is -2.40. The molecule has 1 aliphatic heterocycles. The lowest BCUT2D eigenvalue weighted by Gasteiger charge is -2.18. The van der Waals surface area contributed by atoms with Crippen LogP contribution in [0.4, 0.5) is 0 Å². The smallest absolute Gasteiger partial charge is 0.190 e. The highest BCUT2D eigenvalue weighted by molar-refractivity contribution is 5.79. The van der Waals surface area contributed by atoms with Crippen molar-refractivity contribution in [1.29, 1.82) is 0 Å². The predicted molar refractivity (Wildman–Crippen MR) is 95.4 cm³/mol. The lowest BCUT2D eigenvalue weighted by molar-refractivity contribution is 0.324. The first kappa shape index (κ1) is 17.3. The number of guanidine groups is 1. The van der Waals surface area contributed by atoms with Crippen molar-refractivity contribution in [3.63, 3.8) is 0 Å². The first-order valence-corrected chi connectivity index (χ1v) is 9.16. The maximum Gasteiger partial charge on any atom is 0.190 e. The quantitative estimate of drug-likeness (QED) is 0.432. The summed E-state index contributed by atoms with van der Waals surface area (Å²) >= 11 is 0. The molecule has 22 heavy (non-hydrogen) atoms. The van der Waals surface area contributed by atoms with Gasteiger partial charge in [0.2, 0.25) is 0 Å². The number of nitrogens with zero attached hydrogens (tertiary/aromatic N) is 2. The van der Waals surface area contributed by atoms with E-state index in [4.69, 9.17) is 0 Å². The van der Waals surface area contributed by atoms with Crippen LogP contribution in [0.25, 0.3) is 0 Å². The molecule has 0 aromatic heterocycles. The Morgan fingerprint density at radius 2 is 2.27 bits per heavy atom. The SMILES string of the molecule is CCCN1CCC(CNC(=NC)NCCC2=CCCCC2)C1. The van der Waals surface area contributed by atoms with Crippen molar-refractivity contribution in [2.75, 3.05) is 39.8 Å². The molecule has 0 saturated carbocycles. The molecule has 2 N–H and O–H groups in total. The molecule has 1 atom stereocenters. The largest absolute Gasteiger partial charge is 0.356 e. The molecule has 2 rings (SSSR count). The highest BCUT2D eigenvalue weighted by atomic mass is 15.2. The Hall–Kier alpha value is -1.03. The zero-order valence-electron chi connectivity index (χ0n) is 14.5. The van der Waals surface area contributed by atoms with Gasteiger partial charge in [-0.1, -0.05) is 18.6 Å². The highest BCUT2D eigenvalue weighted by Crippen LogP contribution is 2.19. The van der Waals surface area contributed by atoms with Crippen LogP contribution in [0.15, 0.2) is 16.6 Å². The molecule has 0 amide bonds. The van der Waals surface area contributed by atoms with Crippen LogP contribution >= 0.6 is 0 Å². The summed E-state index contributed by atoms with van der Waals surface area (Å²) in [5.41, 5.74) is 1.63. The van der Waals surface area contributed by atoms with E-state index in [1.54, 1.807) is 5.57 Å². The third-order valence-corrected chi connectivity index (χ3v) is 4.82. The van der Waals surface area contributed by atoms with Gasteiger partial charge < -0.3 is 15.5 Å². The zero-order valence-corrected chi connectivity index (χ0v) is 14.5. The van der Waals surface area contributed by atoms with E-state index in [-0.39, 0.29) is 0 Å². The van der Waals surface area contributed by atoms with Gasteiger partial charge in [0.1, 0.15) is 0 Å². The van der Waals surface area contributed by atoms with Gasteiger partial charge in [0.15, 0.2) is 5.96 Å². The summed E-state index contributed by atoms with van der Waals surface area (Å²) in [5.74, 6) is 1.73. The topological polar surface area (TPSA) is 39.7 Å². The van der Waals surface area contributed by atoms with Crippen LogP contribution in [-0.4, -0.2) is 50.6 Å². The van der Waals surface area contributed by atoms with E-state index in [9.17, 15) is 0 Å². The summed E-state index contributed by atoms with van der Waals surface area (Å²) in [6.07, 6.45) is 11.5. The van der Waals surface area contributed by atoms with Gasteiger partial charge in [0, 0.05) is 26.7 Å². The van der Waals surface area contributed by atoms with Crippen LogP contribution in [0.3, 0.4) is 0 Å². The summed E-state index contributed by atoms with van der Waals surface area (Å²) in [6.45, 7) is 8.06. The van der Waals surface area contributed by atoms with Crippen molar-refractivity contribution < 1.29 is 0 Å². The van der Waals surface area contributed by atoms with Crippen LogP contribution in [0, 0.1) is 5.92 Å². The molecule has 0 radical (unpaired) electrons. The van der Waals surface area contributed by atoms with E-state index in [1.807, 2.05) is 7.05 Å². The summed E-state index contributed by atoms with van der Waals surface area (Å²) in [7, 11) is 1.87. The molecule has 2 aliphatic rings. The number of allylic oxidation sites excluding steroid dienone is 1. The van der Waals surface area contributed by atoms with Crippen molar-refractivity contribution in [2.45, 2.75) is 51.9 Å². The average Bonchev–Trinajstić information content (AvgIpc) is 3.00. The van der Waals surface area contributed by atoms with E-state index in [0.717, 1.165) is 31.4 Å². The highest BCUT2D eigenvalue weighted by Gasteiger charge is 2.21. The molecule has 1 saturated heterocycles. The molecule has 0 aromatic carbocycles. The third-order valence-electron chi connectivity index (χ3n) is 4.82. The molecule has 4 nitrogen and oxygen atoms in total. The predicted octanol–water partition coefficient (Wildman–Crippen LogP) is 2.77. The number of likely N-dealkylation sites (tertiary alicyclic amines) is 1. The minimum Gasteiger partial charge on any atom is -0.356 e. The van der Waals surface area contributed by atoms with Gasteiger partial charge in [-0.05, 0) is 64.0 Å². The standard InChI is InChI=1S/C18H34N4/c1-3-12-22-13-10-17(15-22)14-21-18(19-2)20-11-9-16-7-5-4-6-8-16/h7,17H,3-6,8-15H2,1-2H3,(H2,19,20,21). The molecule has 0 spiro atoms. The molecule has 4 heteroatoms. The fourth-order valence-corrected chi connectivity index (χ4v) is 3.53. The molecule has 1 aliphatic carbocycles. The molecular formula is C18H34N4. The minimum absolute atomic E-state index is 0.770. The fraction of sp³-hybridized carbons (Fsp3) is 0.833. The molecule has 0 aromatic rings. The molecule has 1 heterocycles. The number of hydrogen-bond donors (Lipinski definition) is 2. The number of aliphatic imine (C=N–C) groups is 1. The lowest BCUT2D eigenvalue weighted by atomic mass is 9.97. The Labute approximate surface area is 136 Å². The van der Waals surface area contributed by atoms with Crippen LogP contribution in [-0.2, 0) is 0 Å².